The van der Waals surface area contributed by atoms with E-state index in [1.54, 1.807) is 7.11 Å². The van der Waals surface area contributed by atoms with Gasteiger partial charge in [0.25, 0.3) is 0 Å². The molecule has 2 aliphatic carbocycles. The molecule has 21 heavy (non-hydrogen) atoms. The molecule has 0 radical (unpaired) electrons. The van der Waals surface area contributed by atoms with Crippen LogP contribution >= 0.6 is 0 Å². The normalized spacial score (nSPS) is 27.4. The van der Waals surface area contributed by atoms with Gasteiger partial charge in [-0.3, -0.25) is 0 Å². The molecule has 2 heteroatoms. The molecule has 1 fully saturated rings. The van der Waals surface area contributed by atoms with E-state index in [9.17, 15) is 5.11 Å². The van der Waals surface area contributed by atoms with Crippen molar-refractivity contribution in [3.63, 3.8) is 0 Å². The second-order valence-corrected chi connectivity index (χ2v) is 6.23. The van der Waals surface area contributed by atoms with Crippen molar-refractivity contribution in [2.45, 2.75) is 24.9 Å². The first-order valence-electron chi connectivity index (χ1n) is 7.69. The lowest BCUT2D eigenvalue weighted by Gasteiger charge is -2.13. The number of aliphatic hydroxyl groups excluding tert-OH is 1. The minimum Gasteiger partial charge on any atom is -0.497 e. The van der Waals surface area contributed by atoms with Gasteiger partial charge < -0.3 is 9.84 Å². The Balaban J connectivity index is 1.61. The third-order valence-electron chi connectivity index (χ3n) is 5.19. The summed E-state index contributed by atoms with van der Waals surface area (Å²) >= 11 is 0. The molecule has 2 aromatic rings. The maximum absolute atomic E-state index is 10.8. The van der Waals surface area contributed by atoms with Crippen LogP contribution in [0.1, 0.15) is 35.1 Å². The van der Waals surface area contributed by atoms with Gasteiger partial charge in [0.2, 0.25) is 0 Å². The zero-order chi connectivity index (χ0) is 14.4. The summed E-state index contributed by atoms with van der Waals surface area (Å²) in [7, 11) is 1.67. The Morgan fingerprint density at radius 2 is 2.00 bits per heavy atom. The highest BCUT2D eigenvalue weighted by Crippen LogP contribution is 2.64. The highest BCUT2D eigenvalue weighted by atomic mass is 16.5. The molecule has 0 heterocycles. The highest BCUT2D eigenvalue weighted by molar-refractivity contribution is 5.41. The molecule has 2 aliphatic rings. The van der Waals surface area contributed by atoms with Gasteiger partial charge in [-0.1, -0.05) is 36.4 Å². The first-order valence-corrected chi connectivity index (χ1v) is 7.69. The standard InChI is InChI=1S/C19H20O2/c1-21-14-7-4-6-13(11-14)19(20)18-16-10-9-12-5-2-3-8-15(12)17(16)18/h2-8,11,16-20H,9-10H2,1H3. The average Bonchev–Trinajstić information content (AvgIpc) is 3.29. The average molecular weight is 280 g/mol. The maximum Gasteiger partial charge on any atom is 0.119 e. The zero-order valence-electron chi connectivity index (χ0n) is 12.2. The number of rotatable bonds is 3. The third-order valence-corrected chi connectivity index (χ3v) is 5.19. The van der Waals surface area contributed by atoms with E-state index in [-0.39, 0.29) is 6.10 Å². The van der Waals surface area contributed by atoms with Crippen molar-refractivity contribution in [2.24, 2.45) is 11.8 Å². The van der Waals surface area contributed by atoms with Crippen molar-refractivity contribution in [1.29, 1.82) is 0 Å². The van der Waals surface area contributed by atoms with Crippen molar-refractivity contribution in [3.05, 3.63) is 65.2 Å². The molecular formula is C19H20O2. The Labute approximate surface area is 125 Å². The minimum atomic E-state index is -0.388. The summed E-state index contributed by atoms with van der Waals surface area (Å²) in [5.74, 6) is 2.36. The van der Waals surface area contributed by atoms with Gasteiger partial charge in [-0.15, -0.1) is 0 Å². The Hall–Kier alpha value is -1.80. The van der Waals surface area contributed by atoms with Crippen LogP contribution in [0.5, 0.6) is 5.75 Å². The third kappa shape index (κ3) is 2.06. The summed E-state index contributed by atoms with van der Waals surface area (Å²) < 4.78 is 5.27. The van der Waals surface area contributed by atoms with E-state index >= 15 is 0 Å². The van der Waals surface area contributed by atoms with Crippen LogP contribution in [0.2, 0.25) is 0 Å². The monoisotopic (exact) mass is 280 g/mol. The second kappa shape index (κ2) is 4.88. The molecule has 0 aromatic heterocycles. The van der Waals surface area contributed by atoms with E-state index < -0.39 is 0 Å². The van der Waals surface area contributed by atoms with Crippen molar-refractivity contribution in [2.75, 3.05) is 7.11 Å². The lowest BCUT2D eigenvalue weighted by atomic mass is 9.92. The van der Waals surface area contributed by atoms with Gasteiger partial charge in [0.15, 0.2) is 0 Å². The smallest absolute Gasteiger partial charge is 0.119 e. The van der Waals surface area contributed by atoms with E-state index in [1.807, 2.05) is 24.3 Å². The molecule has 108 valence electrons. The van der Waals surface area contributed by atoms with Crippen LogP contribution in [-0.4, -0.2) is 12.2 Å². The largest absolute Gasteiger partial charge is 0.497 e. The number of aryl methyl sites for hydroxylation is 1. The molecular weight excluding hydrogens is 260 g/mol. The minimum absolute atomic E-state index is 0.362. The quantitative estimate of drug-likeness (QED) is 0.929. The van der Waals surface area contributed by atoms with Crippen molar-refractivity contribution >= 4 is 0 Å². The van der Waals surface area contributed by atoms with Crippen molar-refractivity contribution in [1.82, 2.24) is 0 Å². The first kappa shape index (κ1) is 12.9. The van der Waals surface area contributed by atoms with Crippen LogP contribution in [0.4, 0.5) is 0 Å². The summed E-state index contributed by atoms with van der Waals surface area (Å²) in [5.41, 5.74) is 3.91. The van der Waals surface area contributed by atoms with Crippen LogP contribution in [0.25, 0.3) is 0 Å². The maximum atomic E-state index is 10.8. The SMILES string of the molecule is COc1cccc(C(O)C2C3CCc4ccccc4C32)c1. The Kier molecular flexibility index (Phi) is 3.00. The number of hydrogen-bond donors (Lipinski definition) is 1. The fourth-order valence-corrected chi connectivity index (χ4v) is 4.10. The summed E-state index contributed by atoms with van der Waals surface area (Å²) in [6.45, 7) is 0. The topological polar surface area (TPSA) is 29.5 Å². The number of methoxy groups -OCH3 is 1. The van der Waals surface area contributed by atoms with E-state index in [0.29, 0.717) is 17.8 Å². The van der Waals surface area contributed by atoms with E-state index in [4.69, 9.17) is 4.74 Å². The van der Waals surface area contributed by atoms with Gasteiger partial charge in [-0.25, -0.2) is 0 Å². The molecule has 0 amide bonds. The Bertz CT molecular complexity index is 664. The van der Waals surface area contributed by atoms with Gasteiger partial charge in [0.05, 0.1) is 13.2 Å². The number of ether oxygens (including phenoxy) is 1. The molecule has 4 atom stereocenters. The zero-order valence-corrected chi connectivity index (χ0v) is 12.2. The summed E-state index contributed by atoms with van der Waals surface area (Å²) in [4.78, 5) is 0. The molecule has 4 unspecified atom stereocenters. The van der Waals surface area contributed by atoms with Gasteiger partial charge in [0, 0.05) is 0 Å². The predicted molar refractivity (Wildman–Crippen MR) is 82.4 cm³/mol. The van der Waals surface area contributed by atoms with Gasteiger partial charge >= 0.3 is 0 Å². The summed E-state index contributed by atoms with van der Waals surface area (Å²) in [6, 6.07) is 16.6. The van der Waals surface area contributed by atoms with Crippen LogP contribution in [0.3, 0.4) is 0 Å². The van der Waals surface area contributed by atoms with Gasteiger partial charge in [0.1, 0.15) is 5.75 Å². The van der Waals surface area contributed by atoms with Crippen molar-refractivity contribution < 1.29 is 9.84 Å². The Morgan fingerprint density at radius 3 is 2.86 bits per heavy atom. The van der Waals surface area contributed by atoms with Crippen LogP contribution in [0, 0.1) is 11.8 Å². The fraction of sp³-hybridized carbons (Fsp3) is 0.368. The Morgan fingerprint density at radius 1 is 1.14 bits per heavy atom. The van der Waals surface area contributed by atoms with Crippen molar-refractivity contribution in [3.8, 4) is 5.75 Å². The second-order valence-electron chi connectivity index (χ2n) is 6.23. The molecule has 0 saturated heterocycles. The molecule has 1 saturated carbocycles. The number of aliphatic hydroxyl groups is 1. The summed E-state index contributed by atoms with van der Waals surface area (Å²) in [6.07, 6.45) is 1.97. The van der Waals surface area contributed by atoms with Gasteiger partial charge in [-0.05, 0) is 59.4 Å². The molecule has 1 N–H and O–H groups in total. The molecule has 0 aliphatic heterocycles. The molecule has 2 aromatic carbocycles. The molecule has 0 spiro atoms. The van der Waals surface area contributed by atoms with Crippen LogP contribution in [0.15, 0.2) is 48.5 Å². The molecule has 4 rings (SSSR count). The van der Waals surface area contributed by atoms with E-state index in [0.717, 1.165) is 17.7 Å². The van der Waals surface area contributed by atoms with E-state index in [2.05, 4.69) is 24.3 Å². The van der Waals surface area contributed by atoms with Crippen LogP contribution in [-0.2, 0) is 6.42 Å². The summed E-state index contributed by atoms with van der Waals surface area (Å²) in [5, 5.41) is 10.8. The number of hydrogen-bond acceptors (Lipinski definition) is 2. The van der Waals surface area contributed by atoms with Gasteiger partial charge in [-0.2, -0.15) is 0 Å². The lowest BCUT2D eigenvalue weighted by molar-refractivity contribution is 0.144. The fourth-order valence-electron chi connectivity index (χ4n) is 4.10. The predicted octanol–water partition coefficient (Wildman–Crippen LogP) is 3.70. The molecule has 0 bridgehead atoms. The molecule has 2 nitrogen and oxygen atoms in total. The number of fused-ring (bicyclic) bond motifs is 3. The van der Waals surface area contributed by atoms with Crippen LogP contribution < -0.4 is 4.74 Å². The number of benzene rings is 2. The highest BCUT2D eigenvalue weighted by Gasteiger charge is 2.56. The van der Waals surface area contributed by atoms with E-state index in [1.165, 1.54) is 17.5 Å². The lowest BCUT2D eigenvalue weighted by Crippen LogP contribution is -2.02. The first-order chi connectivity index (χ1) is 10.3.